The van der Waals surface area contributed by atoms with Gasteiger partial charge in [-0.25, -0.2) is 9.67 Å². The molecular formula is C17H17N5OS. The number of amides is 1. The number of anilines is 1. The van der Waals surface area contributed by atoms with Crippen molar-refractivity contribution in [3.8, 4) is 11.3 Å². The van der Waals surface area contributed by atoms with E-state index in [2.05, 4.69) is 20.6 Å². The first kappa shape index (κ1) is 15.0. The van der Waals surface area contributed by atoms with Gasteiger partial charge in [0, 0.05) is 10.4 Å². The molecule has 2 heterocycles. The molecule has 4 rings (SSSR count). The molecule has 0 spiro atoms. The molecule has 0 unspecified atom stereocenters. The van der Waals surface area contributed by atoms with Crippen molar-refractivity contribution >= 4 is 22.4 Å². The SMILES string of the molecule is O=C(Cn1cc(-c2ccccc2)nn1)Nc1nc2c(s1)CCCC2. The van der Waals surface area contributed by atoms with E-state index in [-0.39, 0.29) is 12.5 Å². The Balaban J connectivity index is 1.41. The fraction of sp³-hybridized carbons (Fsp3) is 0.294. The van der Waals surface area contributed by atoms with E-state index < -0.39 is 0 Å². The number of hydrogen-bond donors (Lipinski definition) is 1. The van der Waals surface area contributed by atoms with Crippen LogP contribution in [0.4, 0.5) is 5.13 Å². The number of fused-ring (bicyclic) bond motifs is 1. The molecule has 1 amide bonds. The molecule has 1 aliphatic rings. The molecule has 122 valence electrons. The fourth-order valence-corrected chi connectivity index (χ4v) is 3.89. The molecular weight excluding hydrogens is 322 g/mol. The van der Waals surface area contributed by atoms with E-state index in [1.165, 1.54) is 17.7 Å². The maximum absolute atomic E-state index is 12.2. The van der Waals surface area contributed by atoms with Crippen LogP contribution in [0.3, 0.4) is 0 Å². The fourth-order valence-electron chi connectivity index (χ4n) is 2.83. The Morgan fingerprint density at radius 1 is 1.21 bits per heavy atom. The van der Waals surface area contributed by atoms with Gasteiger partial charge in [0.05, 0.1) is 11.9 Å². The Morgan fingerprint density at radius 3 is 2.88 bits per heavy atom. The molecule has 0 saturated carbocycles. The van der Waals surface area contributed by atoms with Crippen molar-refractivity contribution in [2.45, 2.75) is 32.2 Å². The third-order valence-electron chi connectivity index (χ3n) is 4.01. The van der Waals surface area contributed by atoms with E-state index in [0.717, 1.165) is 29.8 Å². The maximum Gasteiger partial charge on any atom is 0.247 e. The summed E-state index contributed by atoms with van der Waals surface area (Å²) in [5.41, 5.74) is 2.89. The lowest BCUT2D eigenvalue weighted by Gasteiger charge is -2.06. The number of hydrogen-bond acceptors (Lipinski definition) is 5. The number of aromatic nitrogens is 4. The second-order valence-corrected chi connectivity index (χ2v) is 6.90. The molecule has 2 aromatic heterocycles. The van der Waals surface area contributed by atoms with Crippen LogP contribution in [0.15, 0.2) is 36.5 Å². The second kappa shape index (κ2) is 6.52. The second-order valence-electron chi connectivity index (χ2n) is 5.81. The van der Waals surface area contributed by atoms with E-state index in [1.807, 2.05) is 30.3 Å². The molecule has 3 aromatic rings. The number of carbonyl (C=O) groups is 1. The van der Waals surface area contributed by atoms with Gasteiger partial charge in [0.15, 0.2) is 5.13 Å². The number of nitrogens with zero attached hydrogens (tertiary/aromatic N) is 4. The smallest absolute Gasteiger partial charge is 0.247 e. The third kappa shape index (κ3) is 3.21. The summed E-state index contributed by atoms with van der Waals surface area (Å²) >= 11 is 1.59. The minimum absolute atomic E-state index is 0.129. The van der Waals surface area contributed by atoms with Crippen LogP contribution in [0.2, 0.25) is 0 Å². The number of carbonyl (C=O) groups excluding carboxylic acids is 1. The molecule has 0 bridgehead atoms. The van der Waals surface area contributed by atoms with Crippen LogP contribution in [0, 0.1) is 0 Å². The summed E-state index contributed by atoms with van der Waals surface area (Å²) in [6.45, 7) is 0.129. The number of rotatable bonds is 4. The van der Waals surface area contributed by atoms with Crippen LogP contribution in [0.25, 0.3) is 11.3 Å². The minimum Gasteiger partial charge on any atom is -0.300 e. The van der Waals surface area contributed by atoms with Gasteiger partial charge in [-0.2, -0.15) is 0 Å². The van der Waals surface area contributed by atoms with E-state index in [4.69, 9.17) is 0 Å². The Hall–Kier alpha value is -2.54. The molecule has 0 atom stereocenters. The Kier molecular flexibility index (Phi) is 4.08. The van der Waals surface area contributed by atoms with Crippen molar-refractivity contribution in [1.82, 2.24) is 20.0 Å². The molecule has 24 heavy (non-hydrogen) atoms. The lowest BCUT2D eigenvalue weighted by molar-refractivity contribution is -0.116. The van der Waals surface area contributed by atoms with Gasteiger partial charge in [0.1, 0.15) is 12.2 Å². The highest BCUT2D eigenvalue weighted by Crippen LogP contribution is 2.29. The van der Waals surface area contributed by atoms with Crippen molar-refractivity contribution in [3.05, 3.63) is 47.1 Å². The maximum atomic E-state index is 12.2. The summed E-state index contributed by atoms with van der Waals surface area (Å²) in [6.07, 6.45) is 6.27. The topological polar surface area (TPSA) is 72.7 Å². The predicted octanol–water partition coefficient (Wildman–Crippen LogP) is 2.92. The Labute approximate surface area is 143 Å². The zero-order chi connectivity index (χ0) is 16.4. The first-order valence-electron chi connectivity index (χ1n) is 8.02. The van der Waals surface area contributed by atoms with Crippen molar-refractivity contribution in [1.29, 1.82) is 0 Å². The number of aryl methyl sites for hydroxylation is 2. The third-order valence-corrected chi connectivity index (χ3v) is 5.08. The van der Waals surface area contributed by atoms with Crippen molar-refractivity contribution in [3.63, 3.8) is 0 Å². The quantitative estimate of drug-likeness (QED) is 0.793. The monoisotopic (exact) mass is 339 g/mol. The van der Waals surface area contributed by atoms with Gasteiger partial charge in [0.2, 0.25) is 5.91 Å². The standard InChI is InChI=1S/C17H17N5OS/c23-16(19-17-18-13-8-4-5-9-15(13)24-17)11-22-10-14(20-21-22)12-6-2-1-3-7-12/h1-3,6-7,10H,4-5,8-9,11H2,(H,18,19,23). The van der Waals surface area contributed by atoms with Crippen LogP contribution in [-0.4, -0.2) is 25.9 Å². The number of nitrogens with one attached hydrogen (secondary N) is 1. The average Bonchev–Trinajstić information content (AvgIpc) is 3.21. The van der Waals surface area contributed by atoms with Crippen molar-refractivity contribution < 1.29 is 4.79 Å². The first-order valence-corrected chi connectivity index (χ1v) is 8.83. The lowest BCUT2D eigenvalue weighted by Crippen LogP contribution is -2.19. The molecule has 1 aromatic carbocycles. The molecule has 1 N–H and O–H groups in total. The first-order chi connectivity index (χ1) is 11.8. The van der Waals surface area contributed by atoms with Crippen LogP contribution in [0.5, 0.6) is 0 Å². The molecule has 0 fully saturated rings. The molecule has 7 heteroatoms. The highest BCUT2D eigenvalue weighted by Gasteiger charge is 2.16. The summed E-state index contributed by atoms with van der Waals surface area (Å²) < 4.78 is 1.55. The summed E-state index contributed by atoms with van der Waals surface area (Å²) in [7, 11) is 0. The van der Waals surface area contributed by atoms with Gasteiger partial charge in [-0.3, -0.25) is 4.79 Å². The van der Waals surface area contributed by atoms with E-state index >= 15 is 0 Å². The predicted molar refractivity (Wildman–Crippen MR) is 92.8 cm³/mol. The minimum atomic E-state index is -0.134. The Bertz CT molecular complexity index is 832. The number of benzene rings is 1. The van der Waals surface area contributed by atoms with Crippen LogP contribution in [-0.2, 0) is 24.2 Å². The summed E-state index contributed by atoms with van der Waals surface area (Å²) in [5, 5.41) is 11.7. The van der Waals surface area contributed by atoms with Crippen LogP contribution >= 0.6 is 11.3 Å². The van der Waals surface area contributed by atoms with Crippen LogP contribution in [0.1, 0.15) is 23.4 Å². The van der Waals surface area contributed by atoms with Crippen LogP contribution < -0.4 is 5.32 Å². The van der Waals surface area contributed by atoms with Gasteiger partial charge in [-0.1, -0.05) is 35.5 Å². The highest BCUT2D eigenvalue weighted by molar-refractivity contribution is 7.15. The molecule has 0 saturated heterocycles. The molecule has 0 aliphatic heterocycles. The highest BCUT2D eigenvalue weighted by atomic mass is 32.1. The molecule has 0 radical (unpaired) electrons. The lowest BCUT2D eigenvalue weighted by atomic mass is 10.0. The van der Waals surface area contributed by atoms with E-state index in [1.54, 1.807) is 22.2 Å². The summed E-state index contributed by atoms with van der Waals surface area (Å²) in [6, 6.07) is 9.79. The van der Waals surface area contributed by atoms with Gasteiger partial charge in [-0.15, -0.1) is 16.4 Å². The van der Waals surface area contributed by atoms with E-state index in [0.29, 0.717) is 5.13 Å². The zero-order valence-corrected chi connectivity index (χ0v) is 13.9. The van der Waals surface area contributed by atoms with Crippen molar-refractivity contribution in [2.75, 3.05) is 5.32 Å². The average molecular weight is 339 g/mol. The van der Waals surface area contributed by atoms with Gasteiger partial charge in [0.25, 0.3) is 0 Å². The molecule has 6 nitrogen and oxygen atoms in total. The van der Waals surface area contributed by atoms with Crippen molar-refractivity contribution in [2.24, 2.45) is 0 Å². The Morgan fingerprint density at radius 2 is 2.04 bits per heavy atom. The van der Waals surface area contributed by atoms with E-state index in [9.17, 15) is 4.79 Å². The van der Waals surface area contributed by atoms with Gasteiger partial charge >= 0.3 is 0 Å². The summed E-state index contributed by atoms with van der Waals surface area (Å²) in [4.78, 5) is 18.0. The number of thiazole rings is 1. The molecule has 1 aliphatic carbocycles. The normalized spacial score (nSPS) is 13.5. The van der Waals surface area contributed by atoms with Gasteiger partial charge < -0.3 is 5.32 Å². The van der Waals surface area contributed by atoms with Gasteiger partial charge in [-0.05, 0) is 25.7 Å². The summed E-state index contributed by atoms with van der Waals surface area (Å²) in [5.74, 6) is -0.134. The zero-order valence-electron chi connectivity index (χ0n) is 13.1. The largest absolute Gasteiger partial charge is 0.300 e.